The molecule has 3 rings (SSSR count). The third-order valence-electron chi connectivity index (χ3n) is 8.26. The van der Waals surface area contributed by atoms with Crippen molar-refractivity contribution >= 4 is 10.0 Å². The number of sulfonamides is 1. The van der Waals surface area contributed by atoms with Crippen molar-refractivity contribution in [2.75, 3.05) is 6.61 Å². The van der Waals surface area contributed by atoms with Crippen LogP contribution in [0.15, 0.2) is 73.3 Å². The highest BCUT2D eigenvalue weighted by atomic mass is 32.2. The zero-order chi connectivity index (χ0) is 38.3. The van der Waals surface area contributed by atoms with Gasteiger partial charge in [0.1, 0.15) is 0 Å². The van der Waals surface area contributed by atoms with E-state index in [9.17, 15) is 8.42 Å². The molecular weight excluding hydrogens is 623 g/mol. The Kier molecular flexibility index (Phi) is 25.2. The Labute approximate surface area is 306 Å². The SMILES string of the molecule is C=CC(C)C.CC(C)(C)C(C)(C)C.CC(C)NS(=O)(=O)C1CC1.CC(C)c1cccc(CCCCCCOC(C)(C)C)c1.c1ccccc1. The molecule has 1 aliphatic rings. The van der Waals surface area contributed by atoms with Crippen LogP contribution < -0.4 is 4.72 Å². The molecule has 0 aliphatic heterocycles. The molecule has 0 amide bonds. The van der Waals surface area contributed by atoms with Gasteiger partial charge in [0.25, 0.3) is 0 Å². The zero-order valence-corrected chi connectivity index (χ0v) is 35.5. The second kappa shape index (κ2) is 25.1. The summed E-state index contributed by atoms with van der Waals surface area (Å²) in [7, 11) is -2.94. The molecule has 1 N–H and O–H groups in total. The summed E-state index contributed by atoms with van der Waals surface area (Å²) in [5, 5.41) is -0.0881. The zero-order valence-electron chi connectivity index (χ0n) is 34.7. The Hall–Kier alpha value is -1.95. The Morgan fingerprint density at radius 2 is 1.20 bits per heavy atom. The van der Waals surface area contributed by atoms with Crippen LogP contribution in [-0.4, -0.2) is 31.9 Å². The lowest BCUT2D eigenvalue weighted by molar-refractivity contribution is -0.00473. The predicted octanol–water partition coefficient (Wildman–Crippen LogP) is 12.8. The maximum absolute atomic E-state index is 11.1. The molecule has 0 radical (unpaired) electrons. The summed E-state index contributed by atoms with van der Waals surface area (Å²) in [5.74, 6) is 1.28. The standard InChI is InChI=1S/C19H32O.C8H18.C6H13NO2S.C6H6.C5H10/c1-16(2)18-13-10-12-17(15-18)11-8-6-7-9-14-20-19(3,4)5;1-7(2,3)8(4,5)6;1-5(2)7-10(8,9)6-3-4-6;1-2-4-6-5-3-1;1-4-5(2)3/h10,12-13,15-16H,6-9,11,14H2,1-5H3;1-6H3;5-7H,3-4H2,1-2H3;1-6H;4-5H,1H2,2-3H3. The van der Waals surface area contributed by atoms with Gasteiger partial charge in [-0.25, -0.2) is 13.1 Å². The lowest BCUT2D eigenvalue weighted by atomic mass is 9.71. The van der Waals surface area contributed by atoms with Crippen LogP contribution in [0.5, 0.6) is 0 Å². The van der Waals surface area contributed by atoms with E-state index in [0.29, 0.717) is 22.7 Å². The van der Waals surface area contributed by atoms with Crippen molar-refractivity contribution in [3.8, 4) is 0 Å². The molecule has 1 aliphatic carbocycles. The third-order valence-corrected chi connectivity index (χ3v) is 10.4. The van der Waals surface area contributed by atoms with Gasteiger partial charge in [0.05, 0.1) is 10.9 Å². The highest BCUT2D eigenvalue weighted by Gasteiger charge is 2.35. The number of hydrogen-bond acceptors (Lipinski definition) is 3. The topological polar surface area (TPSA) is 55.4 Å². The van der Waals surface area contributed by atoms with Crippen molar-refractivity contribution in [3.63, 3.8) is 0 Å². The summed E-state index contributed by atoms with van der Waals surface area (Å²) in [4.78, 5) is 0. The van der Waals surface area contributed by atoms with E-state index in [0.717, 1.165) is 19.4 Å². The van der Waals surface area contributed by atoms with Crippen molar-refractivity contribution in [3.05, 3.63) is 84.4 Å². The molecule has 0 spiro atoms. The van der Waals surface area contributed by atoms with Gasteiger partial charge in [-0.15, -0.1) is 6.58 Å². The smallest absolute Gasteiger partial charge is 0.214 e. The quantitative estimate of drug-likeness (QED) is 0.177. The van der Waals surface area contributed by atoms with Crippen LogP contribution in [0.4, 0.5) is 0 Å². The van der Waals surface area contributed by atoms with Crippen LogP contribution in [0.1, 0.15) is 159 Å². The Morgan fingerprint density at radius 3 is 1.55 bits per heavy atom. The molecule has 49 heavy (non-hydrogen) atoms. The van der Waals surface area contributed by atoms with Gasteiger partial charge in [0.15, 0.2) is 0 Å². The van der Waals surface area contributed by atoms with E-state index in [1.54, 1.807) is 0 Å². The molecular formula is C44H79NO3S. The van der Waals surface area contributed by atoms with E-state index >= 15 is 0 Å². The van der Waals surface area contributed by atoms with E-state index in [2.05, 4.69) is 126 Å². The second-order valence-corrected chi connectivity index (χ2v) is 19.2. The van der Waals surface area contributed by atoms with Crippen LogP contribution in [0.25, 0.3) is 0 Å². The summed E-state index contributed by atoms with van der Waals surface area (Å²) in [5.41, 5.74) is 3.83. The van der Waals surface area contributed by atoms with Crippen LogP contribution in [0.2, 0.25) is 0 Å². The van der Waals surface area contributed by atoms with E-state index in [4.69, 9.17) is 4.74 Å². The summed E-state index contributed by atoms with van der Waals surface area (Å²) >= 11 is 0. The Balaban J connectivity index is 0. The molecule has 0 bridgehead atoms. The fourth-order valence-electron chi connectivity index (χ4n) is 3.46. The van der Waals surface area contributed by atoms with Crippen LogP contribution in [0, 0.1) is 16.7 Å². The van der Waals surface area contributed by atoms with E-state index < -0.39 is 10.0 Å². The maximum atomic E-state index is 11.1. The summed E-state index contributed by atoms with van der Waals surface area (Å²) in [6.45, 7) is 36.8. The summed E-state index contributed by atoms with van der Waals surface area (Å²) < 4.78 is 30.5. The number of hydrogen-bond donors (Lipinski definition) is 1. The summed E-state index contributed by atoms with van der Waals surface area (Å²) in [6, 6.07) is 21.1. The van der Waals surface area contributed by atoms with Crippen LogP contribution in [0.3, 0.4) is 0 Å². The lowest BCUT2D eigenvalue weighted by Crippen LogP contribution is -2.32. The molecule has 284 valence electrons. The van der Waals surface area contributed by atoms with Crippen molar-refractivity contribution in [2.24, 2.45) is 16.7 Å². The van der Waals surface area contributed by atoms with Crippen molar-refractivity contribution in [1.29, 1.82) is 0 Å². The first kappa shape index (κ1) is 49.2. The highest BCUT2D eigenvalue weighted by molar-refractivity contribution is 7.90. The average molecular weight is 702 g/mol. The first-order valence-electron chi connectivity index (χ1n) is 18.8. The average Bonchev–Trinajstić information content (AvgIpc) is 3.84. The Bertz CT molecular complexity index is 1140. The molecule has 0 heterocycles. The van der Waals surface area contributed by atoms with E-state index in [-0.39, 0.29) is 16.9 Å². The monoisotopic (exact) mass is 702 g/mol. The van der Waals surface area contributed by atoms with E-state index in [1.807, 2.05) is 56.3 Å². The predicted molar refractivity (Wildman–Crippen MR) is 219 cm³/mol. The van der Waals surface area contributed by atoms with Gasteiger partial charge in [-0.3, -0.25) is 0 Å². The van der Waals surface area contributed by atoms with Crippen molar-refractivity contribution in [2.45, 2.75) is 172 Å². The minimum Gasteiger partial charge on any atom is -0.376 e. The molecule has 0 unspecified atom stereocenters. The number of rotatable bonds is 12. The molecule has 5 heteroatoms. The molecule has 2 aromatic carbocycles. The minimum atomic E-state index is -2.94. The van der Waals surface area contributed by atoms with Crippen molar-refractivity contribution < 1.29 is 13.2 Å². The number of benzene rings is 2. The Morgan fingerprint density at radius 1 is 0.755 bits per heavy atom. The van der Waals surface area contributed by atoms with Gasteiger partial charge in [-0.2, -0.15) is 0 Å². The second-order valence-electron chi connectivity index (χ2n) is 17.2. The maximum Gasteiger partial charge on any atom is 0.214 e. The number of allylic oxidation sites excluding steroid dienone is 1. The van der Waals surface area contributed by atoms with Crippen molar-refractivity contribution in [1.82, 2.24) is 4.72 Å². The molecule has 1 fully saturated rings. The van der Waals surface area contributed by atoms with Gasteiger partial charge in [-0.05, 0) is 101 Å². The first-order chi connectivity index (χ1) is 22.4. The normalized spacial score (nSPS) is 13.2. The molecule has 2 aromatic rings. The number of ether oxygens (including phenoxy) is 1. The van der Waals surface area contributed by atoms with Gasteiger partial charge >= 0.3 is 0 Å². The largest absolute Gasteiger partial charge is 0.376 e. The fraction of sp³-hybridized carbons (Fsp3) is 0.682. The molecule has 0 aromatic heterocycles. The molecule has 1 saturated carbocycles. The first-order valence-corrected chi connectivity index (χ1v) is 20.3. The number of aryl methyl sites for hydroxylation is 1. The van der Waals surface area contributed by atoms with Gasteiger partial charge in [-0.1, -0.05) is 149 Å². The van der Waals surface area contributed by atoms with Gasteiger partial charge in [0, 0.05) is 12.6 Å². The van der Waals surface area contributed by atoms with Gasteiger partial charge in [0.2, 0.25) is 10.0 Å². The van der Waals surface area contributed by atoms with Gasteiger partial charge < -0.3 is 4.74 Å². The minimum absolute atomic E-state index is 0.0112. The van der Waals surface area contributed by atoms with Crippen LogP contribution >= 0.6 is 0 Å². The highest BCUT2D eigenvalue weighted by Crippen LogP contribution is 2.36. The molecule has 0 saturated heterocycles. The number of unbranched alkanes of at least 4 members (excludes halogenated alkanes) is 3. The number of nitrogens with one attached hydrogen (secondary N) is 1. The fourth-order valence-corrected chi connectivity index (χ4v) is 5.07. The summed E-state index contributed by atoms with van der Waals surface area (Å²) in [6.07, 6.45) is 9.85. The lowest BCUT2D eigenvalue weighted by Gasteiger charge is -2.34. The third kappa shape index (κ3) is 30.6. The van der Waals surface area contributed by atoms with E-state index in [1.165, 1.54) is 43.2 Å². The van der Waals surface area contributed by atoms with Crippen LogP contribution in [-0.2, 0) is 21.2 Å². The molecule has 0 atom stereocenters. The molecule has 4 nitrogen and oxygen atoms in total.